The summed E-state index contributed by atoms with van der Waals surface area (Å²) >= 11 is 12.3. The van der Waals surface area contributed by atoms with E-state index in [9.17, 15) is 9.59 Å². The van der Waals surface area contributed by atoms with Gasteiger partial charge in [-0.15, -0.1) is 0 Å². The third-order valence-electron chi connectivity index (χ3n) is 5.97. The first-order valence-electron chi connectivity index (χ1n) is 10.5. The molecule has 0 radical (unpaired) electrons. The van der Waals surface area contributed by atoms with Crippen LogP contribution in [0.3, 0.4) is 0 Å². The maximum absolute atomic E-state index is 13.3. The Balaban J connectivity index is 2.05. The van der Waals surface area contributed by atoms with Crippen LogP contribution in [0.15, 0.2) is 84.9 Å². The maximum atomic E-state index is 13.3. The summed E-state index contributed by atoms with van der Waals surface area (Å²) in [4.78, 5) is 26.5. The van der Waals surface area contributed by atoms with Crippen molar-refractivity contribution in [1.29, 1.82) is 0 Å². The standard InChI is InChI=1S/C27H22Cl2O5/c1-32-24(30)26(25(31)33-2)16-23(18-6-4-3-5-7-18)34-27(17-26,19-8-12-21(28)13-9-19)20-10-14-22(29)15-11-20/h3-16H,17H2,1-2H3. The normalized spacial score (nSPS) is 16.1. The molecule has 3 aromatic rings. The van der Waals surface area contributed by atoms with Crippen LogP contribution in [0, 0.1) is 5.41 Å². The number of methoxy groups -OCH3 is 2. The van der Waals surface area contributed by atoms with Crippen molar-refractivity contribution in [3.63, 3.8) is 0 Å². The molecule has 0 spiro atoms. The highest BCUT2D eigenvalue weighted by Gasteiger charge is 2.58. The van der Waals surface area contributed by atoms with E-state index in [2.05, 4.69) is 0 Å². The van der Waals surface area contributed by atoms with Gasteiger partial charge in [0, 0.05) is 33.2 Å². The molecule has 34 heavy (non-hydrogen) atoms. The average molecular weight is 497 g/mol. The van der Waals surface area contributed by atoms with Gasteiger partial charge < -0.3 is 14.2 Å². The van der Waals surface area contributed by atoms with Gasteiger partial charge in [0.2, 0.25) is 0 Å². The van der Waals surface area contributed by atoms with Crippen molar-refractivity contribution in [3.8, 4) is 0 Å². The van der Waals surface area contributed by atoms with E-state index in [-0.39, 0.29) is 6.42 Å². The van der Waals surface area contributed by atoms with Crippen LogP contribution in [0.5, 0.6) is 0 Å². The van der Waals surface area contributed by atoms with Crippen molar-refractivity contribution in [2.75, 3.05) is 14.2 Å². The summed E-state index contributed by atoms with van der Waals surface area (Å²) in [5.74, 6) is -1.15. The second kappa shape index (κ2) is 9.53. The van der Waals surface area contributed by atoms with Gasteiger partial charge in [-0.2, -0.15) is 0 Å². The first-order valence-corrected chi connectivity index (χ1v) is 11.3. The van der Waals surface area contributed by atoms with E-state index in [1.165, 1.54) is 20.3 Å². The maximum Gasteiger partial charge on any atom is 0.327 e. The Bertz CT molecular complexity index is 1160. The van der Waals surface area contributed by atoms with E-state index in [0.29, 0.717) is 32.5 Å². The van der Waals surface area contributed by atoms with Gasteiger partial charge in [-0.25, -0.2) is 0 Å². The number of carbonyl (C=O) groups excluding carboxylic acids is 2. The minimum Gasteiger partial charge on any atom is -0.477 e. The molecular weight excluding hydrogens is 475 g/mol. The number of rotatable bonds is 5. The lowest BCUT2D eigenvalue weighted by molar-refractivity contribution is -0.170. The number of hydrogen-bond donors (Lipinski definition) is 0. The summed E-state index contributed by atoms with van der Waals surface area (Å²) in [5.41, 5.74) is -0.966. The Morgan fingerprint density at radius 2 is 1.24 bits per heavy atom. The van der Waals surface area contributed by atoms with Crippen molar-refractivity contribution in [2.45, 2.75) is 12.0 Å². The number of esters is 2. The molecule has 0 amide bonds. The van der Waals surface area contributed by atoms with Crippen LogP contribution in [0.2, 0.25) is 10.0 Å². The number of ether oxygens (including phenoxy) is 3. The van der Waals surface area contributed by atoms with Gasteiger partial charge in [-0.05, 0) is 30.3 Å². The third kappa shape index (κ3) is 4.17. The lowest BCUT2D eigenvalue weighted by Gasteiger charge is -2.44. The lowest BCUT2D eigenvalue weighted by atomic mass is 9.69. The topological polar surface area (TPSA) is 61.8 Å². The zero-order chi connectivity index (χ0) is 24.3. The van der Waals surface area contributed by atoms with E-state index >= 15 is 0 Å². The Morgan fingerprint density at radius 1 is 0.765 bits per heavy atom. The van der Waals surface area contributed by atoms with E-state index in [4.69, 9.17) is 37.4 Å². The fourth-order valence-electron chi connectivity index (χ4n) is 4.30. The highest BCUT2D eigenvalue weighted by atomic mass is 35.5. The molecule has 0 unspecified atom stereocenters. The van der Waals surface area contributed by atoms with Crippen molar-refractivity contribution in [2.24, 2.45) is 5.41 Å². The van der Waals surface area contributed by atoms with Gasteiger partial charge >= 0.3 is 11.9 Å². The molecule has 0 aromatic heterocycles. The molecule has 0 saturated heterocycles. The van der Waals surface area contributed by atoms with E-state index in [1.54, 1.807) is 24.3 Å². The summed E-state index contributed by atoms with van der Waals surface area (Å²) < 4.78 is 17.0. The predicted molar refractivity (Wildman–Crippen MR) is 130 cm³/mol. The third-order valence-corrected chi connectivity index (χ3v) is 6.47. The molecule has 0 saturated carbocycles. The SMILES string of the molecule is COC(=O)C1(C(=O)OC)C=C(c2ccccc2)OC(c2ccc(Cl)cc2)(c2ccc(Cl)cc2)C1. The van der Waals surface area contributed by atoms with Crippen LogP contribution in [0.1, 0.15) is 23.1 Å². The minimum absolute atomic E-state index is 0.0983. The summed E-state index contributed by atoms with van der Waals surface area (Å²) in [7, 11) is 2.48. The molecule has 174 valence electrons. The van der Waals surface area contributed by atoms with E-state index < -0.39 is 23.0 Å². The molecule has 1 aliphatic heterocycles. The monoisotopic (exact) mass is 496 g/mol. The smallest absolute Gasteiger partial charge is 0.327 e. The van der Waals surface area contributed by atoms with Crippen LogP contribution < -0.4 is 0 Å². The number of benzene rings is 3. The predicted octanol–water partition coefficient (Wildman–Crippen LogP) is 6.03. The van der Waals surface area contributed by atoms with Gasteiger partial charge in [-0.3, -0.25) is 9.59 Å². The number of halogens is 2. The van der Waals surface area contributed by atoms with Crippen LogP contribution >= 0.6 is 23.2 Å². The zero-order valence-electron chi connectivity index (χ0n) is 18.6. The summed E-state index contributed by atoms with van der Waals surface area (Å²) in [5, 5.41) is 1.08. The molecule has 3 aromatic carbocycles. The fourth-order valence-corrected chi connectivity index (χ4v) is 4.55. The lowest BCUT2D eigenvalue weighted by Crippen LogP contribution is -2.49. The van der Waals surface area contributed by atoms with Crippen molar-refractivity contribution in [1.82, 2.24) is 0 Å². The fraction of sp³-hybridized carbons (Fsp3) is 0.185. The summed E-state index contributed by atoms with van der Waals surface area (Å²) in [6, 6.07) is 23.4. The highest BCUT2D eigenvalue weighted by Crippen LogP contribution is 2.52. The molecule has 1 aliphatic rings. The molecule has 0 N–H and O–H groups in total. The van der Waals surface area contributed by atoms with Gasteiger partial charge in [-0.1, -0.05) is 77.8 Å². The molecule has 0 fully saturated rings. The number of hydrogen-bond acceptors (Lipinski definition) is 5. The van der Waals surface area contributed by atoms with Crippen molar-refractivity contribution in [3.05, 3.63) is 112 Å². The van der Waals surface area contributed by atoms with Crippen LogP contribution in [0.4, 0.5) is 0 Å². The van der Waals surface area contributed by atoms with Gasteiger partial charge in [0.25, 0.3) is 0 Å². The van der Waals surface area contributed by atoms with Gasteiger partial charge in [0.15, 0.2) is 11.0 Å². The van der Waals surface area contributed by atoms with E-state index in [0.717, 1.165) is 0 Å². The molecule has 7 heteroatoms. The van der Waals surface area contributed by atoms with Crippen molar-refractivity contribution < 1.29 is 23.8 Å². The molecule has 0 aliphatic carbocycles. The van der Waals surface area contributed by atoms with Crippen LogP contribution in [0.25, 0.3) is 5.76 Å². The minimum atomic E-state index is -1.77. The number of carbonyl (C=O) groups is 2. The first-order chi connectivity index (χ1) is 16.3. The molecular formula is C27H22Cl2O5. The van der Waals surface area contributed by atoms with Gasteiger partial charge in [0.1, 0.15) is 5.76 Å². The summed E-state index contributed by atoms with van der Waals surface area (Å²) in [6.07, 6.45) is 1.39. The van der Waals surface area contributed by atoms with Crippen molar-refractivity contribution >= 4 is 40.9 Å². The zero-order valence-corrected chi connectivity index (χ0v) is 20.1. The summed E-state index contributed by atoms with van der Waals surface area (Å²) in [6.45, 7) is 0. The Kier molecular flexibility index (Phi) is 6.69. The Labute approximate surface area is 207 Å². The Morgan fingerprint density at radius 3 is 1.68 bits per heavy atom. The average Bonchev–Trinajstić information content (AvgIpc) is 2.88. The van der Waals surface area contributed by atoms with Crippen LogP contribution in [-0.4, -0.2) is 26.2 Å². The van der Waals surface area contributed by atoms with E-state index in [1.807, 2.05) is 54.6 Å². The molecule has 0 bridgehead atoms. The quantitative estimate of drug-likeness (QED) is 0.318. The van der Waals surface area contributed by atoms with Crippen LogP contribution in [-0.2, 0) is 29.4 Å². The molecule has 5 nitrogen and oxygen atoms in total. The van der Waals surface area contributed by atoms with Gasteiger partial charge in [0.05, 0.1) is 14.2 Å². The largest absolute Gasteiger partial charge is 0.477 e. The molecule has 1 heterocycles. The highest BCUT2D eigenvalue weighted by molar-refractivity contribution is 6.30. The Hall–Kier alpha value is -3.28. The second-order valence-electron chi connectivity index (χ2n) is 7.95. The second-order valence-corrected chi connectivity index (χ2v) is 8.82. The molecule has 4 rings (SSSR count). The first kappa shape index (κ1) is 23.9. The molecule has 0 atom stereocenters.